The monoisotopic (exact) mass is 363 g/mol. The molecule has 124 valence electrons. The van der Waals surface area contributed by atoms with Crippen molar-refractivity contribution in [2.75, 3.05) is 7.11 Å². The Morgan fingerprint density at radius 2 is 1.75 bits per heavy atom. The van der Waals surface area contributed by atoms with E-state index >= 15 is 0 Å². The molecule has 0 saturated carbocycles. The number of nitrogens with zero attached hydrogens (tertiary/aromatic N) is 1. The van der Waals surface area contributed by atoms with E-state index in [0.29, 0.717) is 16.6 Å². The lowest BCUT2D eigenvalue weighted by Crippen LogP contribution is -2.05. The molecule has 0 bridgehead atoms. The average molecular weight is 364 g/mol. The minimum Gasteiger partial charge on any atom is -0.497 e. The van der Waals surface area contributed by atoms with Gasteiger partial charge in [-0.1, -0.05) is 11.6 Å². The fourth-order valence-electron chi connectivity index (χ4n) is 2.16. The molecule has 3 aromatic rings. The molecule has 0 radical (unpaired) electrons. The quantitative estimate of drug-likeness (QED) is 0.685. The van der Waals surface area contributed by atoms with Gasteiger partial charge in [0.05, 0.1) is 17.7 Å². The molecule has 7 heteroatoms. The van der Waals surface area contributed by atoms with Crippen molar-refractivity contribution in [2.24, 2.45) is 0 Å². The zero-order chi connectivity index (χ0) is 17.2. The molecule has 0 unspecified atom stereocenters. The summed E-state index contributed by atoms with van der Waals surface area (Å²) >= 11 is 5.78. The lowest BCUT2D eigenvalue weighted by Gasteiger charge is -2.02. The number of hydrogen-bond acceptors (Lipinski definition) is 5. The molecule has 1 heterocycles. The summed E-state index contributed by atoms with van der Waals surface area (Å²) in [5, 5.41) is 0.483. The summed E-state index contributed by atoms with van der Waals surface area (Å²) in [6, 6.07) is 13.2. The number of hydrogen-bond donors (Lipinski definition) is 0. The van der Waals surface area contributed by atoms with Crippen LogP contribution in [0.25, 0.3) is 11.5 Å². The molecule has 0 fully saturated rings. The zero-order valence-electron chi connectivity index (χ0n) is 12.8. The number of ether oxygens (including phenoxy) is 1. The number of benzene rings is 2. The first kappa shape index (κ1) is 16.5. The van der Waals surface area contributed by atoms with Gasteiger partial charge in [-0.2, -0.15) is 0 Å². The number of oxazole rings is 1. The lowest BCUT2D eigenvalue weighted by atomic mass is 10.2. The summed E-state index contributed by atoms with van der Waals surface area (Å²) in [6.07, 6.45) is 1.35. The van der Waals surface area contributed by atoms with E-state index < -0.39 is 9.84 Å². The molecule has 3 rings (SSSR count). The number of sulfone groups is 1. The van der Waals surface area contributed by atoms with Gasteiger partial charge in [0.25, 0.3) is 0 Å². The van der Waals surface area contributed by atoms with Gasteiger partial charge < -0.3 is 9.15 Å². The number of methoxy groups -OCH3 is 1. The van der Waals surface area contributed by atoms with Crippen molar-refractivity contribution >= 4 is 21.4 Å². The van der Waals surface area contributed by atoms with Crippen LogP contribution < -0.4 is 4.74 Å². The molecule has 0 N–H and O–H groups in total. The van der Waals surface area contributed by atoms with Crippen LogP contribution in [0.4, 0.5) is 0 Å². The summed E-state index contributed by atoms with van der Waals surface area (Å²) in [7, 11) is -1.93. The number of aromatic nitrogens is 1. The van der Waals surface area contributed by atoms with Crippen LogP contribution in [0.5, 0.6) is 5.75 Å². The molecule has 0 amide bonds. The van der Waals surface area contributed by atoms with Crippen molar-refractivity contribution in [3.05, 3.63) is 65.5 Å². The summed E-state index contributed by atoms with van der Waals surface area (Å²) in [5.41, 5.74) is 1.08. The van der Waals surface area contributed by atoms with Gasteiger partial charge >= 0.3 is 0 Å². The largest absolute Gasteiger partial charge is 0.497 e. The molecule has 0 saturated heterocycles. The van der Waals surface area contributed by atoms with E-state index in [-0.39, 0.29) is 10.6 Å². The summed E-state index contributed by atoms with van der Waals surface area (Å²) in [4.78, 5) is 4.45. The summed E-state index contributed by atoms with van der Waals surface area (Å²) in [5.74, 6) is 0.837. The Bertz CT molecular complexity index is 931. The van der Waals surface area contributed by atoms with Crippen LogP contribution in [0.3, 0.4) is 0 Å². The standard InChI is InChI=1S/C17H14ClNO4S/c1-22-15-6-2-12(3-7-15)17-19-14(10-23-17)11-24(20,21)16-8-4-13(18)5-9-16/h2-10H,11H2,1H3. The maximum absolute atomic E-state index is 12.4. The Balaban J connectivity index is 1.81. The van der Waals surface area contributed by atoms with E-state index in [4.69, 9.17) is 20.8 Å². The van der Waals surface area contributed by atoms with Crippen LogP contribution in [0, 0.1) is 0 Å². The second kappa shape index (κ2) is 6.67. The van der Waals surface area contributed by atoms with E-state index in [0.717, 1.165) is 11.3 Å². The van der Waals surface area contributed by atoms with Gasteiger partial charge in [0, 0.05) is 10.6 Å². The third kappa shape index (κ3) is 3.60. The third-order valence-electron chi connectivity index (χ3n) is 3.40. The highest BCUT2D eigenvalue weighted by molar-refractivity contribution is 7.90. The lowest BCUT2D eigenvalue weighted by molar-refractivity contribution is 0.415. The van der Waals surface area contributed by atoms with Gasteiger partial charge in [0.2, 0.25) is 5.89 Å². The smallest absolute Gasteiger partial charge is 0.226 e. The van der Waals surface area contributed by atoms with E-state index in [1.807, 2.05) is 0 Å². The van der Waals surface area contributed by atoms with E-state index in [1.165, 1.54) is 18.4 Å². The van der Waals surface area contributed by atoms with Gasteiger partial charge in [-0.15, -0.1) is 0 Å². The van der Waals surface area contributed by atoms with Crippen LogP contribution in [0.15, 0.2) is 64.1 Å². The van der Waals surface area contributed by atoms with E-state index in [1.54, 1.807) is 43.5 Å². The Hall–Kier alpha value is -2.31. The third-order valence-corrected chi connectivity index (χ3v) is 5.32. The fourth-order valence-corrected chi connectivity index (χ4v) is 3.52. The molecule has 5 nitrogen and oxygen atoms in total. The average Bonchev–Trinajstić information content (AvgIpc) is 3.03. The maximum Gasteiger partial charge on any atom is 0.226 e. The van der Waals surface area contributed by atoms with E-state index in [2.05, 4.69) is 4.98 Å². The SMILES string of the molecule is COc1ccc(-c2nc(CS(=O)(=O)c3ccc(Cl)cc3)co2)cc1. The minimum atomic E-state index is -3.51. The van der Waals surface area contributed by atoms with Gasteiger partial charge in [0.15, 0.2) is 9.84 Å². The van der Waals surface area contributed by atoms with Crippen molar-refractivity contribution in [1.82, 2.24) is 4.98 Å². The molecular formula is C17H14ClNO4S. The Morgan fingerprint density at radius 1 is 1.08 bits per heavy atom. The molecule has 0 aliphatic rings. The van der Waals surface area contributed by atoms with Crippen molar-refractivity contribution < 1.29 is 17.6 Å². The molecule has 0 aliphatic heterocycles. The molecular weight excluding hydrogens is 350 g/mol. The first-order valence-electron chi connectivity index (χ1n) is 7.05. The van der Waals surface area contributed by atoms with Crippen LogP contribution >= 0.6 is 11.6 Å². The van der Waals surface area contributed by atoms with E-state index in [9.17, 15) is 8.42 Å². The maximum atomic E-state index is 12.4. The van der Waals surface area contributed by atoms with Gasteiger partial charge in [-0.25, -0.2) is 13.4 Å². The molecule has 2 aromatic carbocycles. The Labute approximate surface area is 144 Å². The topological polar surface area (TPSA) is 69.4 Å². The van der Waals surface area contributed by atoms with Crippen molar-refractivity contribution in [1.29, 1.82) is 0 Å². The first-order chi connectivity index (χ1) is 11.5. The van der Waals surface area contributed by atoms with Crippen molar-refractivity contribution in [3.63, 3.8) is 0 Å². The summed E-state index contributed by atoms with van der Waals surface area (Å²) < 4.78 is 35.3. The first-order valence-corrected chi connectivity index (χ1v) is 9.08. The molecule has 0 spiro atoms. The molecule has 0 atom stereocenters. The second-order valence-electron chi connectivity index (χ2n) is 5.09. The molecule has 24 heavy (non-hydrogen) atoms. The second-order valence-corrected chi connectivity index (χ2v) is 7.51. The highest BCUT2D eigenvalue weighted by Gasteiger charge is 2.18. The van der Waals surface area contributed by atoms with Gasteiger partial charge in [-0.3, -0.25) is 0 Å². The summed E-state index contributed by atoms with van der Waals surface area (Å²) in [6.45, 7) is 0. The van der Waals surface area contributed by atoms with Crippen LogP contribution in [-0.2, 0) is 15.6 Å². The predicted molar refractivity (Wildman–Crippen MR) is 90.8 cm³/mol. The zero-order valence-corrected chi connectivity index (χ0v) is 14.3. The molecule has 0 aliphatic carbocycles. The van der Waals surface area contributed by atoms with Crippen LogP contribution in [0.2, 0.25) is 5.02 Å². The van der Waals surface area contributed by atoms with Crippen LogP contribution in [0.1, 0.15) is 5.69 Å². The van der Waals surface area contributed by atoms with Gasteiger partial charge in [0.1, 0.15) is 17.8 Å². The fraction of sp³-hybridized carbons (Fsp3) is 0.118. The molecule has 1 aromatic heterocycles. The van der Waals surface area contributed by atoms with Crippen LogP contribution in [-0.4, -0.2) is 20.5 Å². The predicted octanol–water partition coefficient (Wildman–Crippen LogP) is 3.98. The minimum absolute atomic E-state index is 0.195. The van der Waals surface area contributed by atoms with Crippen molar-refractivity contribution in [2.45, 2.75) is 10.6 Å². The Morgan fingerprint density at radius 3 is 2.38 bits per heavy atom. The number of rotatable bonds is 5. The number of halogens is 1. The highest BCUT2D eigenvalue weighted by atomic mass is 35.5. The normalized spacial score (nSPS) is 11.4. The van der Waals surface area contributed by atoms with Crippen molar-refractivity contribution in [3.8, 4) is 17.2 Å². The highest BCUT2D eigenvalue weighted by Crippen LogP contribution is 2.24. The van der Waals surface area contributed by atoms with Gasteiger partial charge in [-0.05, 0) is 48.5 Å². The Kier molecular flexibility index (Phi) is 4.59.